The van der Waals surface area contributed by atoms with Gasteiger partial charge in [-0.3, -0.25) is 0 Å². The van der Waals surface area contributed by atoms with Crippen molar-refractivity contribution < 1.29 is 0 Å². The standard InChI is InChI=1S/C15H27N5/c1-13(2)16-10-14-11-17-15(18-12-14)19(3)8-9-20-6-4-5-7-20/h11-13,16H,4-10H2,1-3H3. The molecule has 1 fully saturated rings. The fourth-order valence-corrected chi connectivity index (χ4v) is 2.36. The molecule has 0 bridgehead atoms. The number of nitrogens with zero attached hydrogens (tertiary/aromatic N) is 4. The number of aromatic nitrogens is 2. The van der Waals surface area contributed by atoms with Crippen LogP contribution in [0.1, 0.15) is 32.3 Å². The molecule has 1 N–H and O–H groups in total. The Hall–Kier alpha value is -1.20. The van der Waals surface area contributed by atoms with Crippen molar-refractivity contribution in [1.29, 1.82) is 0 Å². The van der Waals surface area contributed by atoms with Crippen molar-refractivity contribution in [3.63, 3.8) is 0 Å². The van der Waals surface area contributed by atoms with Crippen LogP contribution in [0, 0.1) is 0 Å². The van der Waals surface area contributed by atoms with Crippen LogP contribution in [0.3, 0.4) is 0 Å². The van der Waals surface area contributed by atoms with Crippen LogP contribution in [-0.2, 0) is 6.54 Å². The molecule has 1 aliphatic rings. The van der Waals surface area contributed by atoms with E-state index in [1.807, 2.05) is 12.4 Å². The van der Waals surface area contributed by atoms with Crippen LogP contribution in [0.2, 0.25) is 0 Å². The monoisotopic (exact) mass is 277 g/mol. The summed E-state index contributed by atoms with van der Waals surface area (Å²) in [7, 11) is 2.07. The third kappa shape index (κ3) is 4.72. The third-order valence-corrected chi connectivity index (χ3v) is 3.70. The second-order valence-electron chi connectivity index (χ2n) is 5.90. The minimum Gasteiger partial charge on any atom is -0.343 e. The Morgan fingerprint density at radius 1 is 1.25 bits per heavy atom. The highest BCUT2D eigenvalue weighted by atomic mass is 15.3. The van der Waals surface area contributed by atoms with Crippen LogP contribution >= 0.6 is 0 Å². The van der Waals surface area contributed by atoms with Gasteiger partial charge in [-0.25, -0.2) is 9.97 Å². The van der Waals surface area contributed by atoms with E-state index in [-0.39, 0.29) is 0 Å². The zero-order valence-electron chi connectivity index (χ0n) is 13.0. The Balaban J connectivity index is 1.78. The number of likely N-dealkylation sites (tertiary alicyclic amines) is 1. The summed E-state index contributed by atoms with van der Waals surface area (Å²) in [5, 5.41) is 3.37. The van der Waals surface area contributed by atoms with Gasteiger partial charge in [0.1, 0.15) is 0 Å². The van der Waals surface area contributed by atoms with Gasteiger partial charge < -0.3 is 15.1 Å². The van der Waals surface area contributed by atoms with Crippen molar-refractivity contribution in [3.05, 3.63) is 18.0 Å². The maximum absolute atomic E-state index is 4.46. The van der Waals surface area contributed by atoms with E-state index >= 15 is 0 Å². The van der Waals surface area contributed by atoms with E-state index < -0.39 is 0 Å². The number of hydrogen-bond donors (Lipinski definition) is 1. The summed E-state index contributed by atoms with van der Waals surface area (Å²) in [5.41, 5.74) is 1.13. The van der Waals surface area contributed by atoms with Gasteiger partial charge in [0.2, 0.25) is 5.95 Å². The third-order valence-electron chi connectivity index (χ3n) is 3.70. The SMILES string of the molecule is CC(C)NCc1cnc(N(C)CCN2CCCC2)nc1. The van der Waals surface area contributed by atoms with E-state index in [1.54, 1.807) is 0 Å². The molecule has 1 aromatic rings. The summed E-state index contributed by atoms with van der Waals surface area (Å²) in [6, 6.07) is 0.484. The molecule has 0 saturated carbocycles. The highest BCUT2D eigenvalue weighted by molar-refractivity contribution is 5.28. The molecule has 0 amide bonds. The Morgan fingerprint density at radius 3 is 2.50 bits per heavy atom. The first kappa shape index (κ1) is 15.2. The number of nitrogens with one attached hydrogen (secondary N) is 1. The van der Waals surface area contributed by atoms with Gasteiger partial charge in [-0.1, -0.05) is 13.8 Å². The van der Waals surface area contributed by atoms with Gasteiger partial charge in [-0.05, 0) is 25.9 Å². The average molecular weight is 277 g/mol. The van der Waals surface area contributed by atoms with E-state index in [1.165, 1.54) is 25.9 Å². The van der Waals surface area contributed by atoms with Gasteiger partial charge in [0.25, 0.3) is 0 Å². The maximum Gasteiger partial charge on any atom is 0.225 e. The Bertz CT molecular complexity index is 384. The predicted molar refractivity (Wildman–Crippen MR) is 83.0 cm³/mol. The lowest BCUT2D eigenvalue weighted by molar-refractivity contribution is 0.346. The molecule has 20 heavy (non-hydrogen) atoms. The molecular formula is C15H27N5. The van der Waals surface area contributed by atoms with Gasteiger partial charge in [-0.2, -0.15) is 0 Å². The maximum atomic E-state index is 4.46. The van der Waals surface area contributed by atoms with Crippen LogP contribution < -0.4 is 10.2 Å². The summed E-state index contributed by atoms with van der Waals surface area (Å²) in [5.74, 6) is 0.817. The van der Waals surface area contributed by atoms with Gasteiger partial charge >= 0.3 is 0 Å². The molecular weight excluding hydrogens is 250 g/mol. The van der Waals surface area contributed by atoms with Crippen molar-refractivity contribution in [3.8, 4) is 0 Å². The summed E-state index contributed by atoms with van der Waals surface area (Å²) < 4.78 is 0. The summed E-state index contributed by atoms with van der Waals surface area (Å²) in [6.45, 7) is 9.70. The molecule has 2 heterocycles. The van der Waals surface area contributed by atoms with Gasteiger partial charge in [0.05, 0.1) is 0 Å². The van der Waals surface area contributed by atoms with Crippen LogP contribution in [0.15, 0.2) is 12.4 Å². The van der Waals surface area contributed by atoms with Crippen LogP contribution in [0.5, 0.6) is 0 Å². The number of hydrogen-bond acceptors (Lipinski definition) is 5. The molecule has 1 saturated heterocycles. The van der Waals surface area contributed by atoms with E-state index in [0.29, 0.717) is 6.04 Å². The molecule has 0 spiro atoms. The summed E-state index contributed by atoms with van der Waals surface area (Å²) >= 11 is 0. The lowest BCUT2D eigenvalue weighted by Crippen LogP contribution is -2.32. The van der Waals surface area contributed by atoms with Crippen LogP contribution in [0.25, 0.3) is 0 Å². The zero-order valence-corrected chi connectivity index (χ0v) is 13.0. The highest BCUT2D eigenvalue weighted by Crippen LogP contribution is 2.09. The Morgan fingerprint density at radius 2 is 1.90 bits per heavy atom. The average Bonchev–Trinajstić information content (AvgIpc) is 2.96. The predicted octanol–water partition coefficient (Wildman–Crippen LogP) is 1.51. The van der Waals surface area contributed by atoms with Gasteiger partial charge in [0.15, 0.2) is 0 Å². The van der Waals surface area contributed by atoms with E-state index in [2.05, 4.69) is 46.0 Å². The molecule has 5 nitrogen and oxygen atoms in total. The molecule has 0 radical (unpaired) electrons. The van der Waals surface area contributed by atoms with Crippen LogP contribution in [-0.4, -0.2) is 54.1 Å². The smallest absolute Gasteiger partial charge is 0.225 e. The van der Waals surface area contributed by atoms with Crippen LogP contribution in [0.4, 0.5) is 5.95 Å². The second kappa shape index (κ2) is 7.55. The number of anilines is 1. The fraction of sp³-hybridized carbons (Fsp3) is 0.733. The van der Waals surface area contributed by atoms with Crippen molar-refractivity contribution >= 4 is 5.95 Å². The van der Waals surface area contributed by atoms with Crippen molar-refractivity contribution in [1.82, 2.24) is 20.2 Å². The first-order valence-corrected chi connectivity index (χ1v) is 7.63. The van der Waals surface area contributed by atoms with Crippen molar-refractivity contribution in [2.24, 2.45) is 0 Å². The summed E-state index contributed by atoms with van der Waals surface area (Å²) in [4.78, 5) is 13.6. The molecule has 0 unspecified atom stereocenters. The highest BCUT2D eigenvalue weighted by Gasteiger charge is 2.12. The molecule has 1 aromatic heterocycles. The quantitative estimate of drug-likeness (QED) is 0.818. The fourth-order valence-electron chi connectivity index (χ4n) is 2.36. The first-order valence-electron chi connectivity index (χ1n) is 7.63. The minimum absolute atomic E-state index is 0.484. The van der Waals surface area contributed by atoms with Crippen molar-refractivity contribution in [2.45, 2.75) is 39.3 Å². The van der Waals surface area contributed by atoms with E-state index in [4.69, 9.17) is 0 Å². The molecule has 1 aliphatic heterocycles. The Labute approximate surface area is 122 Å². The Kier molecular flexibility index (Phi) is 5.73. The van der Waals surface area contributed by atoms with E-state index in [9.17, 15) is 0 Å². The topological polar surface area (TPSA) is 44.3 Å². The molecule has 0 atom stereocenters. The first-order chi connectivity index (χ1) is 9.65. The number of rotatable bonds is 7. The lowest BCUT2D eigenvalue weighted by Gasteiger charge is -2.21. The molecule has 0 aromatic carbocycles. The van der Waals surface area contributed by atoms with Gasteiger partial charge in [0, 0.05) is 50.7 Å². The number of likely N-dealkylation sites (N-methyl/N-ethyl adjacent to an activating group) is 1. The molecule has 2 rings (SSSR count). The zero-order chi connectivity index (χ0) is 14.4. The normalized spacial score (nSPS) is 16.0. The molecule has 112 valence electrons. The van der Waals surface area contributed by atoms with Crippen molar-refractivity contribution in [2.75, 3.05) is 38.1 Å². The largest absolute Gasteiger partial charge is 0.343 e. The minimum atomic E-state index is 0.484. The molecule has 5 heteroatoms. The lowest BCUT2D eigenvalue weighted by atomic mass is 10.3. The second-order valence-corrected chi connectivity index (χ2v) is 5.90. The summed E-state index contributed by atoms with van der Waals surface area (Å²) in [6.07, 6.45) is 6.53. The van der Waals surface area contributed by atoms with Gasteiger partial charge in [-0.15, -0.1) is 0 Å². The molecule has 0 aliphatic carbocycles. The van der Waals surface area contributed by atoms with E-state index in [0.717, 1.165) is 31.1 Å².